The van der Waals surface area contributed by atoms with Crippen LogP contribution in [0.4, 0.5) is 24.7 Å². The molecule has 10 heteroatoms. The van der Waals surface area contributed by atoms with E-state index in [0.717, 1.165) is 12.4 Å². The Labute approximate surface area is 127 Å². The third-order valence-electron chi connectivity index (χ3n) is 2.61. The Kier molecular flexibility index (Phi) is 4.45. The van der Waals surface area contributed by atoms with Crippen LogP contribution < -0.4 is 10.6 Å². The molecule has 0 radical (unpaired) electrons. The van der Waals surface area contributed by atoms with Crippen molar-refractivity contribution in [1.29, 1.82) is 0 Å². The molecule has 0 atom stereocenters. The van der Waals surface area contributed by atoms with Crippen molar-refractivity contribution in [2.45, 2.75) is 6.18 Å². The average molecular weight is 332 g/mol. The first kappa shape index (κ1) is 16.0. The lowest BCUT2D eigenvalue weighted by Crippen LogP contribution is -2.20. The first-order valence-corrected chi connectivity index (χ1v) is 6.22. The molecule has 2 N–H and O–H groups in total. The predicted octanol–water partition coefficient (Wildman–Crippen LogP) is 2.65. The highest BCUT2D eigenvalue weighted by molar-refractivity contribution is 6.29. The summed E-state index contributed by atoms with van der Waals surface area (Å²) in [5, 5.41) is 4.66. The van der Waals surface area contributed by atoms with E-state index in [1.807, 2.05) is 0 Å². The molecule has 0 aromatic carbocycles. The van der Waals surface area contributed by atoms with Gasteiger partial charge in [-0.1, -0.05) is 11.6 Å². The van der Waals surface area contributed by atoms with Crippen molar-refractivity contribution in [2.75, 3.05) is 12.4 Å². The van der Waals surface area contributed by atoms with Gasteiger partial charge in [0.2, 0.25) is 0 Å². The van der Waals surface area contributed by atoms with Crippen LogP contribution in [-0.4, -0.2) is 27.9 Å². The molecule has 0 fully saturated rings. The van der Waals surface area contributed by atoms with Crippen LogP contribution in [0.5, 0.6) is 0 Å². The molecule has 0 spiro atoms. The number of rotatable bonds is 3. The smallest absolute Gasteiger partial charge is 0.355 e. The standard InChI is InChI=1S/C12H9ClF3N5O/c1-17-11(22)6-3-18-5-20-10(6)21-8-2-9(13)19-4-7(8)12(14,15)16/h2-5H,1H3,(H,17,22)(H,18,19,20,21). The van der Waals surface area contributed by atoms with Crippen molar-refractivity contribution < 1.29 is 18.0 Å². The summed E-state index contributed by atoms with van der Waals surface area (Å²) in [4.78, 5) is 22.6. The van der Waals surface area contributed by atoms with E-state index in [-0.39, 0.29) is 22.2 Å². The van der Waals surface area contributed by atoms with E-state index >= 15 is 0 Å². The SMILES string of the molecule is CNC(=O)c1cncnc1Nc1cc(Cl)ncc1C(F)(F)F. The summed E-state index contributed by atoms with van der Waals surface area (Å²) < 4.78 is 38.9. The van der Waals surface area contributed by atoms with Crippen molar-refractivity contribution in [3.8, 4) is 0 Å². The molecule has 0 bridgehead atoms. The van der Waals surface area contributed by atoms with Gasteiger partial charge in [0.25, 0.3) is 5.91 Å². The normalized spacial score (nSPS) is 11.1. The molecule has 0 aliphatic heterocycles. The maximum absolute atomic E-state index is 13.0. The molecular weight excluding hydrogens is 323 g/mol. The number of carbonyl (C=O) groups is 1. The maximum atomic E-state index is 13.0. The monoisotopic (exact) mass is 331 g/mol. The largest absolute Gasteiger partial charge is 0.419 e. The highest BCUT2D eigenvalue weighted by atomic mass is 35.5. The van der Waals surface area contributed by atoms with Gasteiger partial charge >= 0.3 is 6.18 Å². The number of aromatic nitrogens is 3. The minimum atomic E-state index is -4.64. The van der Waals surface area contributed by atoms with Crippen LogP contribution in [0.2, 0.25) is 5.15 Å². The predicted molar refractivity (Wildman–Crippen MR) is 73.0 cm³/mol. The van der Waals surface area contributed by atoms with Crippen molar-refractivity contribution in [3.63, 3.8) is 0 Å². The lowest BCUT2D eigenvalue weighted by Gasteiger charge is -2.15. The van der Waals surface area contributed by atoms with E-state index in [4.69, 9.17) is 11.6 Å². The lowest BCUT2D eigenvalue weighted by molar-refractivity contribution is -0.137. The van der Waals surface area contributed by atoms with E-state index < -0.39 is 17.6 Å². The number of hydrogen-bond donors (Lipinski definition) is 2. The zero-order chi connectivity index (χ0) is 16.3. The number of hydrogen-bond acceptors (Lipinski definition) is 5. The molecule has 0 saturated heterocycles. The van der Waals surface area contributed by atoms with Crippen molar-refractivity contribution >= 4 is 29.0 Å². The number of halogens is 4. The van der Waals surface area contributed by atoms with Crippen LogP contribution in [0.3, 0.4) is 0 Å². The van der Waals surface area contributed by atoms with Gasteiger partial charge in [-0.25, -0.2) is 15.0 Å². The zero-order valence-electron chi connectivity index (χ0n) is 11.1. The van der Waals surface area contributed by atoms with Gasteiger partial charge in [0, 0.05) is 19.4 Å². The number of alkyl halides is 3. The van der Waals surface area contributed by atoms with E-state index in [1.165, 1.54) is 13.2 Å². The molecule has 2 rings (SSSR count). The van der Waals surface area contributed by atoms with Crippen LogP contribution in [-0.2, 0) is 6.18 Å². The van der Waals surface area contributed by atoms with Gasteiger partial charge in [-0.3, -0.25) is 4.79 Å². The molecule has 0 aliphatic rings. The van der Waals surface area contributed by atoms with E-state index in [2.05, 4.69) is 25.6 Å². The van der Waals surface area contributed by atoms with Crippen LogP contribution in [0.15, 0.2) is 24.8 Å². The van der Waals surface area contributed by atoms with Gasteiger partial charge in [-0.15, -0.1) is 0 Å². The van der Waals surface area contributed by atoms with Gasteiger partial charge in [-0.2, -0.15) is 13.2 Å². The first-order chi connectivity index (χ1) is 10.3. The summed E-state index contributed by atoms with van der Waals surface area (Å²) in [6.45, 7) is 0. The van der Waals surface area contributed by atoms with Crippen molar-refractivity contribution in [3.05, 3.63) is 41.1 Å². The number of carbonyl (C=O) groups excluding carboxylic acids is 1. The summed E-state index contributed by atoms with van der Waals surface area (Å²) in [7, 11) is 1.38. The molecule has 2 aromatic heterocycles. The number of pyridine rings is 1. The third-order valence-corrected chi connectivity index (χ3v) is 2.82. The van der Waals surface area contributed by atoms with Crippen LogP contribution in [0, 0.1) is 0 Å². The second-order valence-electron chi connectivity index (χ2n) is 4.04. The van der Waals surface area contributed by atoms with E-state index in [0.29, 0.717) is 6.20 Å². The highest BCUT2D eigenvalue weighted by Crippen LogP contribution is 2.36. The summed E-state index contributed by atoms with van der Waals surface area (Å²) in [6.07, 6.45) is -1.75. The zero-order valence-corrected chi connectivity index (χ0v) is 11.8. The summed E-state index contributed by atoms with van der Waals surface area (Å²) in [6, 6.07) is 1.00. The molecular formula is C12H9ClF3N5O. The summed E-state index contributed by atoms with van der Waals surface area (Å²) >= 11 is 5.63. The summed E-state index contributed by atoms with van der Waals surface area (Å²) in [5.41, 5.74) is -1.40. The molecule has 116 valence electrons. The van der Waals surface area contributed by atoms with E-state index in [9.17, 15) is 18.0 Å². The number of anilines is 2. The summed E-state index contributed by atoms with van der Waals surface area (Å²) in [5.74, 6) is -0.626. The van der Waals surface area contributed by atoms with Crippen molar-refractivity contribution in [2.24, 2.45) is 0 Å². The number of nitrogens with one attached hydrogen (secondary N) is 2. The third kappa shape index (κ3) is 3.42. The molecule has 0 aliphatic carbocycles. The quantitative estimate of drug-likeness (QED) is 0.845. The van der Waals surface area contributed by atoms with Gasteiger partial charge in [0.1, 0.15) is 22.9 Å². The van der Waals surface area contributed by atoms with Gasteiger partial charge in [-0.05, 0) is 6.07 Å². The number of nitrogens with zero attached hydrogens (tertiary/aromatic N) is 3. The average Bonchev–Trinajstić information content (AvgIpc) is 2.46. The Morgan fingerprint density at radius 2 is 2.00 bits per heavy atom. The minimum Gasteiger partial charge on any atom is -0.355 e. The van der Waals surface area contributed by atoms with Crippen molar-refractivity contribution in [1.82, 2.24) is 20.3 Å². The Hall–Kier alpha value is -2.42. The second kappa shape index (κ2) is 6.14. The number of amides is 1. The Morgan fingerprint density at radius 3 is 2.64 bits per heavy atom. The highest BCUT2D eigenvalue weighted by Gasteiger charge is 2.34. The van der Waals surface area contributed by atoms with E-state index in [1.54, 1.807) is 0 Å². The fourth-order valence-corrected chi connectivity index (χ4v) is 1.77. The topological polar surface area (TPSA) is 79.8 Å². The first-order valence-electron chi connectivity index (χ1n) is 5.84. The molecule has 0 saturated carbocycles. The fraction of sp³-hybridized carbons (Fsp3) is 0.167. The lowest BCUT2D eigenvalue weighted by atomic mass is 10.2. The minimum absolute atomic E-state index is 0.00828. The molecule has 6 nitrogen and oxygen atoms in total. The molecule has 1 amide bonds. The Morgan fingerprint density at radius 1 is 1.27 bits per heavy atom. The Balaban J connectivity index is 2.48. The maximum Gasteiger partial charge on any atom is 0.419 e. The fourth-order valence-electron chi connectivity index (χ4n) is 1.62. The van der Waals surface area contributed by atoms with Crippen LogP contribution in [0.1, 0.15) is 15.9 Å². The molecule has 2 heterocycles. The molecule has 22 heavy (non-hydrogen) atoms. The molecule has 0 unspecified atom stereocenters. The van der Waals surface area contributed by atoms with Crippen LogP contribution in [0.25, 0.3) is 0 Å². The van der Waals surface area contributed by atoms with Gasteiger partial charge in [0.05, 0.1) is 11.3 Å². The Bertz CT molecular complexity index is 707. The van der Waals surface area contributed by atoms with Crippen LogP contribution >= 0.6 is 11.6 Å². The van der Waals surface area contributed by atoms with Gasteiger partial charge in [0.15, 0.2) is 0 Å². The molecule has 2 aromatic rings. The van der Waals surface area contributed by atoms with Gasteiger partial charge < -0.3 is 10.6 Å². The second-order valence-corrected chi connectivity index (χ2v) is 4.43.